The lowest BCUT2D eigenvalue weighted by atomic mass is 10.00. The summed E-state index contributed by atoms with van der Waals surface area (Å²) in [6.07, 6.45) is 3.07. The van der Waals surface area contributed by atoms with Gasteiger partial charge in [0.15, 0.2) is 0 Å². The zero-order valence-electron chi connectivity index (χ0n) is 19.8. The van der Waals surface area contributed by atoms with Crippen LogP contribution in [-0.2, 0) is 13.0 Å². The first kappa shape index (κ1) is 20.7. The molecule has 1 fully saturated rings. The Bertz CT molecular complexity index is 1540. The molecule has 5 aromatic rings. The molecule has 1 aliphatic carbocycles. The largest absolute Gasteiger partial charge is 0.496 e. The summed E-state index contributed by atoms with van der Waals surface area (Å²) < 4.78 is 13.3. The number of aryl methyl sites for hydroxylation is 3. The van der Waals surface area contributed by atoms with Crippen LogP contribution in [0.25, 0.3) is 33.1 Å². The molecule has 1 aromatic carbocycles. The van der Waals surface area contributed by atoms with E-state index in [-0.39, 0.29) is 5.95 Å². The van der Waals surface area contributed by atoms with Crippen molar-refractivity contribution in [1.82, 2.24) is 29.9 Å². The summed E-state index contributed by atoms with van der Waals surface area (Å²) >= 11 is 0. The summed E-state index contributed by atoms with van der Waals surface area (Å²) in [5.41, 5.74) is 13.6. The SMILES string of the molecule is CCn1nc(C2CC2)cc1Cc1nc(N)nc2[nH]c3cc(-c4c(C)noc4C)c(OC)cc3c12. The number of aromatic amines is 1. The molecule has 9 nitrogen and oxygen atoms in total. The van der Waals surface area contributed by atoms with E-state index in [1.165, 1.54) is 18.5 Å². The van der Waals surface area contributed by atoms with Gasteiger partial charge in [0.05, 0.1) is 29.8 Å². The number of hydrogen-bond acceptors (Lipinski definition) is 7. The minimum Gasteiger partial charge on any atom is -0.496 e. The van der Waals surface area contributed by atoms with Crippen molar-refractivity contribution in [3.63, 3.8) is 0 Å². The van der Waals surface area contributed by atoms with Gasteiger partial charge in [-0.15, -0.1) is 0 Å². The molecular weight excluding hydrogens is 430 g/mol. The van der Waals surface area contributed by atoms with Crippen molar-refractivity contribution in [1.29, 1.82) is 0 Å². The molecule has 0 radical (unpaired) electrons. The van der Waals surface area contributed by atoms with Crippen molar-refractivity contribution in [2.24, 2.45) is 0 Å². The molecule has 0 amide bonds. The first-order valence-corrected chi connectivity index (χ1v) is 11.6. The molecule has 0 atom stereocenters. The molecule has 174 valence electrons. The van der Waals surface area contributed by atoms with Crippen molar-refractivity contribution in [2.75, 3.05) is 12.8 Å². The Labute approximate surface area is 196 Å². The predicted molar refractivity (Wildman–Crippen MR) is 130 cm³/mol. The van der Waals surface area contributed by atoms with Gasteiger partial charge in [-0.2, -0.15) is 10.1 Å². The first-order valence-electron chi connectivity index (χ1n) is 11.6. The van der Waals surface area contributed by atoms with Gasteiger partial charge in [-0.3, -0.25) is 4.68 Å². The summed E-state index contributed by atoms with van der Waals surface area (Å²) in [7, 11) is 1.67. The van der Waals surface area contributed by atoms with Crippen molar-refractivity contribution in [2.45, 2.75) is 52.5 Å². The molecule has 34 heavy (non-hydrogen) atoms. The maximum atomic E-state index is 6.13. The van der Waals surface area contributed by atoms with Crippen LogP contribution in [0.2, 0.25) is 0 Å². The molecule has 0 aliphatic heterocycles. The summed E-state index contributed by atoms with van der Waals surface area (Å²) in [5, 5.41) is 10.9. The highest BCUT2D eigenvalue weighted by atomic mass is 16.5. The van der Waals surface area contributed by atoms with E-state index in [4.69, 9.17) is 20.1 Å². The molecule has 0 saturated heterocycles. The van der Waals surface area contributed by atoms with Gasteiger partial charge < -0.3 is 20.0 Å². The van der Waals surface area contributed by atoms with E-state index >= 15 is 0 Å². The monoisotopic (exact) mass is 457 g/mol. The lowest BCUT2D eigenvalue weighted by molar-refractivity contribution is 0.393. The molecule has 1 saturated carbocycles. The van der Waals surface area contributed by atoms with Crippen LogP contribution in [0.1, 0.15) is 54.2 Å². The zero-order valence-corrected chi connectivity index (χ0v) is 19.8. The summed E-state index contributed by atoms with van der Waals surface area (Å²) in [6.45, 7) is 6.76. The Morgan fingerprint density at radius 2 is 2.03 bits per heavy atom. The minimum atomic E-state index is 0.247. The number of nitrogens with two attached hydrogens (primary N) is 1. The maximum Gasteiger partial charge on any atom is 0.222 e. The van der Waals surface area contributed by atoms with Crippen LogP contribution in [0.3, 0.4) is 0 Å². The number of hydrogen-bond donors (Lipinski definition) is 2. The maximum absolute atomic E-state index is 6.13. The van der Waals surface area contributed by atoms with Gasteiger partial charge in [0, 0.05) is 46.4 Å². The number of H-pyrrole nitrogens is 1. The van der Waals surface area contributed by atoms with E-state index < -0.39 is 0 Å². The lowest BCUT2D eigenvalue weighted by Crippen LogP contribution is -2.06. The number of nitrogens with zero attached hydrogens (tertiary/aromatic N) is 5. The van der Waals surface area contributed by atoms with Crippen molar-refractivity contribution in [3.05, 3.63) is 46.7 Å². The van der Waals surface area contributed by atoms with Gasteiger partial charge in [0.25, 0.3) is 0 Å². The van der Waals surface area contributed by atoms with E-state index in [1.54, 1.807) is 7.11 Å². The quantitative estimate of drug-likeness (QED) is 0.380. The van der Waals surface area contributed by atoms with Gasteiger partial charge in [-0.1, -0.05) is 5.16 Å². The van der Waals surface area contributed by atoms with Crippen molar-refractivity contribution in [3.8, 4) is 16.9 Å². The van der Waals surface area contributed by atoms with Crippen molar-refractivity contribution >= 4 is 27.9 Å². The molecule has 4 aromatic heterocycles. The molecule has 4 heterocycles. The fourth-order valence-electron chi connectivity index (χ4n) is 4.92. The van der Waals surface area contributed by atoms with Crippen LogP contribution in [0.15, 0.2) is 22.7 Å². The van der Waals surface area contributed by atoms with E-state index in [1.807, 2.05) is 19.9 Å². The highest BCUT2D eigenvalue weighted by Gasteiger charge is 2.27. The molecule has 1 aliphatic rings. The van der Waals surface area contributed by atoms with E-state index in [2.05, 4.69) is 43.8 Å². The van der Waals surface area contributed by atoms with E-state index in [9.17, 15) is 0 Å². The number of nitrogens with one attached hydrogen (secondary N) is 1. The standard InChI is InChI=1S/C25H27N7O2/c1-5-32-15(8-18(30-32)14-6-7-14)9-20-23-16-11-21(33-4)17(22-12(2)31-34-13(22)3)10-19(16)27-24(23)29-25(26)28-20/h8,10-11,14H,5-7,9H2,1-4H3,(H3,26,27,28,29). The van der Waals surface area contributed by atoms with Crippen LogP contribution >= 0.6 is 0 Å². The molecule has 3 N–H and O–H groups in total. The van der Waals surface area contributed by atoms with Gasteiger partial charge in [-0.05, 0) is 51.8 Å². The summed E-state index contributed by atoms with van der Waals surface area (Å²) in [6, 6.07) is 6.31. The number of benzene rings is 1. The second kappa shape index (κ2) is 7.58. The van der Waals surface area contributed by atoms with Gasteiger partial charge >= 0.3 is 0 Å². The summed E-state index contributed by atoms with van der Waals surface area (Å²) in [4.78, 5) is 12.6. The third-order valence-electron chi connectivity index (χ3n) is 6.69. The Kier molecular flexibility index (Phi) is 4.62. The average Bonchev–Trinajstić information content (AvgIpc) is 3.37. The minimum absolute atomic E-state index is 0.247. The Balaban J connectivity index is 1.54. The second-order valence-electron chi connectivity index (χ2n) is 9.00. The fraction of sp³-hybridized carbons (Fsp3) is 0.360. The average molecular weight is 458 g/mol. The third kappa shape index (κ3) is 3.22. The zero-order chi connectivity index (χ0) is 23.6. The number of rotatable bonds is 6. The van der Waals surface area contributed by atoms with Crippen LogP contribution < -0.4 is 10.5 Å². The molecule has 6 rings (SSSR count). The summed E-state index contributed by atoms with van der Waals surface area (Å²) in [5.74, 6) is 2.33. The van der Waals surface area contributed by atoms with Crippen LogP contribution in [0.5, 0.6) is 5.75 Å². The van der Waals surface area contributed by atoms with E-state index in [0.29, 0.717) is 18.0 Å². The number of nitrogen functional groups attached to an aromatic ring is 1. The topological polar surface area (TPSA) is 121 Å². The van der Waals surface area contributed by atoms with E-state index in [0.717, 1.165) is 62.6 Å². The van der Waals surface area contributed by atoms with Gasteiger partial charge in [0.2, 0.25) is 5.95 Å². The number of ether oxygens (including phenoxy) is 1. The number of aromatic nitrogens is 6. The highest BCUT2D eigenvalue weighted by Crippen LogP contribution is 2.41. The normalized spacial score (nSPS) is 13.9. The van der Waals surface area contributed by atoms with Gasteiger partial charge in [-0.25, -0.2) is 4.98 Å². The Morgan fingerprint density at radius 3 is 2.71 bits per heavy atom. The number of methoxy groups -OCH3 is 1. The Morgan fingerprint density at radius 1 is 1.21 bits per heavy atom. The molecule has 0 bridgehead atoms. The van der Waals surface area contributed by atoms with Crippen LogP contribution in [0.4, 0.5) is 5.95 Å². The lowest BCUT2D eigenvalue weighted by Gasteiger charge is -2.10. The molecule has 9 heteroatoms. The van der Waals surface area contributed by atoms with Crippen molar-refractivity contribution < 1.29 is 9.26 Å². The van der Waals surface area contributed by atoms with Crippen LogP contribution in [0, 0.1) is 13.8 Å². The molecule has 0 spiro atoms. The van der Waals surface area contributed by atoms with Crippen LogP contribution in [-0.4, -0.2) is 37.0 Å². The second-order valence-corrected chi connectivity index (χ2v) is 9.00. The fourth-order valence-corrected chi connectivity index (χ4v) is 4.92. The number of fused-ring (bicyclic) bond motifs is 3. The Hall–Kier alpha value is -3.88. The first-order chi connectivity index (χ1) is 16.5. The molecule has 0 unspecified atom stereocenters. The smallest absolute Gasteiger partial charge is 0.222 e. The third-order valence-corrected chi connectivity index (χ3v) is 6.69. The predicted octanol–water partition coefficient (Wildman–Crippen LogP) is 4.66. The van der Waals surface area contributed by atoms with Gasteiger partial charge in [0.1, 0.15) is 17.2 Å². The number of anilines is 1. The highest BCUT2D eigenvalue weighted by molar-refractivity contribution is 6.09. The molecular formula is C25H27N7O2.